The van der Waals surface area contributed by atoms with E-state index in [0.29, 0.717) is 28.4 Å². The number of piperidine rings is 1. The van der Waals surface area contributed by atoms with Gasteiger partial charge >= 0.3 is 0 Å². The number of aromatic amines is 1. The Balaban J connectivity index is 1.33. The van der Waals surface area contributed by atoms with Gasteiger partial charge in [-0.25, -0.2) is 0 Å². The molecule has 4 rings (SSSR count). The molecule has 0 spiro atoms. The van der Waals surface area contributed by atoms with Crippen molar-refractivity contribution in [1.82, 2.24) is 19.7 Å². The molecule has 3 fully saturated rings. The summed E-state index contributed by atoms with van der Waals surface area (Å²) in [6.45, 7) is 1.74. The number of nitrogens with zero attached hydrogens (tertiary/aromatic N) is 3. The molecule has 2 aliphatic carbocycles. The van der Waals surface area contributed by atoms with Gasteiger partial charge in [-0.3, -0.25) is 9.89 Å². The van der Waals surface area contributed by atoms with Gasteiger partial charge in [0.2, 0.25) is 5.91 Å². The van der Waals surface area contributed by atoms with Crippen molar-refractivity contribution in [2.75, 3.05) is 13.1 Å². The van der Waals surface area contributed by atoms with Crippen LogP contribution in [0.1, 0.15) is 50.3 Å². The second-order valence-corrected chi connectivity index (χ2v) is 7.63. The normalized spacial score (nSPS) is 29.4. The molecular weight excluding hydrogens is 296 g/mol. The first-order valence-electron chi connectivity index (χ1n) is 8.55. The Morgan fingerprint density at radius 1 is 1.27 bits per heavy atom. The number of hydrogen-bond acceptors (Lipinski definition) is 3. The first-order chi connectivity index (χ1) is 10.6. The van der Waals surface area contributed by atoms with Gasteiger partial charge in [-0.1, -0.05) is 19.3 Å². The summed E-state index contributed by atoms with van der Waals surface area (Å²) in [5.41, 5.74) is 0. The molecule has 22 heavy (non-hydrogen) atoms. The third-order valence-electron chi connectivity index (χ3n) is 6.00. The van der Waals surface area contributed by atoms with Gasteiger partial charge in [0.15, 0.2) is 4.77 Å². The number of aromatic nitrogens is 3. The van der Waals surface area contributed by atoms with Gasteiger partial charge in [-0.15, -0.1) is 0 Å². The largest absolute Gasteiger partial charge is 0.342 e. The zero-order chi connectivity index (χ0) is 15.3. The van der Waals surface area contributed by atoms with Crippen molar-refractivity contribution in [3.8, 4) is 0 Å². The third kappa shape index (κ3) is 2.41. The van der Waals surface area contributed by atoms with Crippen molar-refractivity contribution in [2.45, 2.75) is 44.4 Å². The maximum absolute atomic E-state index is 12.6. The summed E-state index contributed by atoms with van der Waals surface area (Å²) >= 11 is 5.19. The lowest BCUT2D eigenvalue weighted by atomic mass is 9.81. The van der Waals surface area contributed by atoms with Crippen LogP contribution in [0.25, 0.3) is 0 Å². The fourth-order valence-electron chi connectivity index (χ4n) is 4.20. The van der Waals surface area contributed by atoms with Gasteiger partial charge < -0.3 is 9.47 Å². The quantitative estimate of drug-likeness (QED) is 0.871. The molecule has 1 aromatic heterocycles. The summed E-state index contributed by atoms with van der Waals surface area (Å²) in [4.78, 5) is 14.7. The number of likely N-dealkylation sites (tertiary alicyclic amines) is 1. The minimum atomic E-state index is 0.350. The lowest BCUT2D eigenvalue weighted by Crippen LogP contribution is -2.39. The molecule has 1 saturated heterocycles. The van der Waals surface area contributed by atoms with Crippen LogP contribution >= 0.6 is 12.2 Å². The van der Waals surface area contributed by atoms with Crippen molar-refractivity contribution >= 4 is 18.1 Å². The van der Waals surface area contributed by atoms with Crippen molar-refractivity contribution in [2.24, 2.45) is 24.8 Å². The van der Waals surface area contributed by atoms with E-state index in [1.807, 2.05) is 11.6 Å². The Kier molecular flexibility index (Phi) is 3.59. The highest BCUT2D eigenvalue weighted by molar-refractivity contribution is 7.71. The van der Waals surface area contributed by atoms with Gasteiger partial charge in [0.1, 0.15) is 5.82 Å². The molecule has 1 aliphatic heterocycles. The Morgan fingerprint density at radius 3 is 2.55 bits per heavy atom. The van der Waals surface area contributed by atoms with E-state index < -0.39 is 0 Å². The van der Waals surface area contributed by atoms with E-state index in [1.165, 1.54) is 19.3 Å². The summed E-state index contributed by atoms with van der Waals surface area (Å²) < 4.78 is 2.64. The van der Waals surface area contributed by atoms with E-state index in [-0.39, 0.29) is 0 Å². The van der Waals surface area contributed by atoms with E-state index in [2.05, 4.69) is 15.1 Å². The minimum Gasteiger partial charge on any atom is -0.342 e. The van der Waals surface area contributed by atoms with Crippen LogP contribution in [-0.4, -0.2) is 38.7 Å². The van der Waals surface area contributed by atoms with Gasteiger partial charge in [-0.2, -0.15) is 5.10 Å². The highest BCUT2D eigenvalue weighted by Gasteiger charge is 2.50. The van der Waals surface area contributed by atoms with Crippen LogP contribution in [0.3, 0.4) is 0 Å². The molecule has 1 amide bonds. The van der Waals surface area contributed by atoms with Crippen molar-refractivity contribution < 1.29 is 4.79 Å². The highest BCUT2D eigenvalue weighted by atomic mass is 32.1. The van der Waals surface area contributed by atoms with Crippen LogP contribution in [0.4, 0.5) is 0 Å². The Bertz CT molecular complexity index is 624. The van der Waals surface area contributed by atoms with Crippen LogP contribution in [-0.2, 0) is 11.8 Å². The molecule has 3 aliphatic rings. The SMILES string of the molecule is Cn1c(C2CCN(C(=O)[C@H]3C[C@@H]3C3CCC3)CC2)n[nH]c1=S. The predicted octanol–water partition coefficient (Wildman–Crippen LogP) is 2.62. The Hall–Kier alpha value is -1.17. The third-order valence-corrected chi connectivity index (χ3v) is 6.36. The Labute approximate surface area is 136 Å². The lowest BCUT2D eigenvalue weighted by Gasteiger charge is -2.32. The highest BCUT2D eigenvalue weighted by Crippen LogP contribution is 2.52. The number of amides is 1. The maximum atomic E-state index is 12.6. The smallest absolute Gasteiger partial charge is 0.225 e. The summed E-state index contributed by atoms with van der Waals surface area (Å²) in [6, 6.07) is 0. The number of H-pyrrole nitrogens is 1. The molecular formula is C16H24N4OS. The molecule has 2 saturated carbocycles. The molecule has 0 unspecified atom stereocenters. The molecule has 0 radical (unpaired) electrons. The average molecular weight is 320 g/mol. The van der Waals surface area contributed by atoms with Crippen LogP contribution in [0.15, 0.2) is 0 Å². The molecule has 1 N–H and O–H groups in total. The number of nitrogens with one attached hydrogen (secondary N) is 1. The molecule has 120 valence electrons. The standard InChI is InChI=1S/C16H24N4OS/c1-19-14(17-18-16(19)22)11-5-7-20(8-6-11)15(21)13-9-12(13)10-3-2-4-10/h10-13H,2-9H2,1H3,(H,18,22)/t12-,13+/m1/s1. The van der Waals surface area contributed by atoms with Crippen LogP contribution in [0, 0.1) is 22.5 Å². The zero-order valence-corrected chi connectivity index (χ0v) is 13.9. The van der Waals surface area contributed by atoms with Gasteiger partial charge in [0.25, 0.3) is 0 Å². The molecule has 5 nitrogen and oxygen atoms in total. The van der Waals surface area contributed by atoms with E-state index in [1.54, 1.807) is 0 Å². The average Bonchev–Trinajstić information content (AvgIpc) is 3.17. The number of carbonyl (C=O) groups excluding carboxylic acids is 1. The fraction of sp³-hybridized carbons (Fsp3) is 0.812. The monoisotopic (exact) mass is 320 g/mol. The summed E-state index contributed by atoms with van der Waals surface area (Å²) in [5.74, 6) is 3.80. The zero-order valence-electron chi connectivity index (χ0n) is 13.1. The molecule has 1 aromatic rings. The topological polar surface area (TPSA) is 53.9 Å². The second kappa shape index (κ2) is 5.48. The van der Waals surface area contributed by atoms with Gasteiger partial charge in [-0.05, 0) is 43.3 Å². The van der Waals surface area contributed by atoms with Crippen LogP contribution in [0.5, 0.6) is 0 Å². The van der Waals surface area contributed by atoms with Crippen molar-refractivity contribution in [3.05, 3.63) is 10.6 Å². The minimum absolute atomic E-state index is 0.350. The van der Waals surface area contributed by atoms with E-state index in [4.69, 9.17) is 12.2 Å². The van der Waals surface area contributed by atoms with E-state index in [0.717, 1.165) is 44.1 Å². The maximum Gasteiger partial charge on any atom is 0.225 e. The van der Waals surface area contributed by atoms with E-state index >= 15 is 0 Å². The molecule has 2 heterocycles. The predicted molar refractivity (Wildman–Crippen MR) is 85.9 cm³/mol. The second-order valence-electron chi connectivity index (χ2n) is 7.24. The Morgan fingerprint density at radius 2 is 2.00 bits per heavy atom. The van der Waals surface area contributed by atoms with Crippen molar-refractivity contribution in [3.63, 3.8) is 0 Å². The number of rotatable bonds is 3. The fourth-order valence-corrected chi connectivity index (χ4v) is 4.34. The van der Waals surface area contributed by atoms with E-state index in [9.17, 15) is 4.79 Å². The van der Waals surface area contributed by atoms with Gasteiger partial charge in [0, 0.05) is 32.0 Å². The lowest BCUT2D eigenvalue weighted by molar-refractivity contribution is -0.134. The summed E-state index contributed by atoms with van der Waals surface area (Å²) in [6.07, 6.45) is 7.24. The van der Waals surface area contributed by atoms with Crippen molar-refractivity contribution in [1.29, 1.82) is 0 Å². The summed E-state index contributed by atoms with van der Waals surface area (Å²) in [5, 5.41) is 7.22. The van der Waals surface area contributed by atoms with Gasteiger partial charge in [0.05, 0.1) is 0 Å². The number of hydrogen-bond donors (Lipinski definition) is 1. The number of carbonyl (C=O) groups is 1. The molecule has 0 aromatic carbocycles. The van der Waals surface area contributed by atoms with Crippen LogP contribution < -0.4 is 0 Å². The first-order valence-corrected chi connectivity index (χ1v) is 8.96. The molecule has 0 bridgehead atoms. The summed E-state index contributed by atoms with van der Waals surface area (Å²) in [7, 11) is 1.96. The first kappa shape index (κ1) is 14.4. The molecule has 2 atom stereocenters. The molecule has 6 heteroatoms. The van der Waals surface area contributed by atoms with Crippen LogP contribution in [0.2, 0.25) is 0 Å².